The molecule has 3 aromatic rings. The highest BCUT2D eigenvalue weighted by molar-refractivity contribution is 5.85. The number of rotatable bonds is 4. The highest BCUT2D eigenvalue weighted by atomic mass is 16.2. The van der Waals surface area contributed by atoms with E-state index in [0.29, 0.717) is 6.42 Å². The van der Waals surface area contributed by atoms with Crippen LogP contribution in [0.4, 0.5) is 0 Å². The van der Waals surface area contributed by atoms with Crippen LogP contribution in [0.15, 0.2) is 42.7 Å². The number of aliphatic hydroxyl groups excluding tert-OH is 1. The summed E-state index contributed by atoms with van der Waals surface area (Å²) in [4.78, 5) is 4.40. The van der Waals surface area contributed by atoms with Crippen LogP contribution >= 0.6 is 0 Å². The quantitative estimate of drug-likeness (QED) is 0.770. The fourth-order valence-corrected chi connectivity index (χ4v) is 2.06. The summed E-state index contributed by atoms with van der Waals surface area (Å²) in [5.74, 6) is 0. The van der Waals surface area contributed by atoms with E-state index in [1.165, 1.54) is 0 Å². The van der Waals surface area contributed by atoms with E-state index in [4.69, 9.17) is 5.11 Å². The summed E-state index contributed by atoms with van der Waals surface area (Å²) in [6.45, 7) is 0.169. The van der Waals surface area contributed by atoms with Crippen LogP contribution in [0.2, 0.25) is 0 Å². The fraction of sp³-hybridized carbons (Fsp3) is 0.214. The molecule has 0 aliphatic rings. The lowest BCUT2D eigenvalue weighted by atomic mass is 10.2. The van der Waals surface area contributed by atoms with E-state index in [0.717, 1.165) is 28.7 Å². The highest BCUT2D eigenvalue weighted by Gasteiger charge is 2.07. The van der Waals surface area contributed by atoms with Crippen LogP contribution in [-0.2, 0) is 6.42 Å². The largest absolute Gasteiger partial charge is 0.396 e. The van der Waals surface area contributed by atoms with Crippen molar-refractivity contribution in [3.63, 3.8) is 0 Å². The van der Waals surface area contributed by atoms with Gasteiger partial charge in [-0.2, -0.15) is 0 Å². The maximum atomic E-state index is 8.83. The number of benzene rings is 1. The minimum absolute atomic E-state index is 0.169. The number of aliphatic hydroxyl groups is 1. The van der Waals surface area contributed by atoms with Crippen LogP contribution < -0.4 is 0 Å². The van der Waals surface area contributed by atoms with Crippen molar-refractivity contribution in [1.29, 1.82) is 0 Å². The zero-order valence-electron chi connectivity index (χ0n) is 10.4. The topological polar surface area (TPSA) is 63.8 Å². The molecule has 19 heavy (non-hydrogen) atoms. The molecular weight excluding hydrogens is 240 g/mol. The van der Waals surface area contributed by atoms with Crippen LogP contribution in [0.1, 0.15) is 12.1 Å². The van der Waals surface area contributed by atoms with E-state index < -0.39 is 0 Å². The van der Waals surface area contributed by atoms with Gasteiger partial charge in [0, 0.05) is 18.2 Å². The van der Waals surface area contributed by atoms with Gasteiger partial charge in [0.1, 0.15) is 0 Å². The second-order valence-electron chi connectivity index (χ2n) is 4.33. The smallest absolute Gasteiger partial charge is 0.0959 e. The van der Waals surface area contributed by atoms with Crippen LogP contribution in [0, 0.1) is 0 Å². The molecule has 5 nitrogen and oxygen atoms in total. The molecule has 0 amide bonds. The van der Waals surface area contributed by atoms with Gasteiger partial charge in [-0.3, -0.25) is 4.98 Å². The van der Waals surface area contributed by atoms with E-state index in [-0.39, 0.29) is 6.61 Å². The van der Waals surface area contributed by atoms with Crippen LogP contribution in [0.25, 0.3) is 16.6 Å². The van der Waals surface area contributed by atoms with Crippen LogP contribution in [-0.4, -0.2) is 31.7 Å². The normalized spacial score (nSPS) is 11.0. The molecule has 1 N–H and O–H groups in total. The van der Waals surface area contributed by atoms with Gasteiger partial charge in [0.2, 0.25) is 0 Å². The second-order valence-corrected chi connectivity index (χ2v) is 4.33. The van der Waals surface area contributed by atoms with E-state index in [1.807, 2.05) is 36.5 Å². The maximum Gasteiger partial charge on any atom is 0.0959 e. The number of aryl methyl sites for hydroxylation is 1. The Kier molecular flexibility index (Phi) is 3.20. The standard InChI is InChI=1S/C14H14N4O/c19-9-3-6-12-10-18(17-16-12)13-7-1-4-11-5-2-8-15-14(11)13/h1-2,4-5,7-8,10,19H,3,6,9H2. The van der Waals surface area contributed by atoms with Gasteiger partial charge < -0.3 is 5.11 Å². The molecule has 5 heteroatoms. The molecule has 0 bridgehead atoms. The number of aromatic nitrogens is 4. The molecule has 1 aromatic carbocycles. The lowest BCUT2D eigenvalue weighted by molar-refractivity contribution is 0.288. The predicted molar refractivity (Wildman–Crippen MR) is 72.1 cm³/mol. The summed E-state index contributed by atoms with van der Waals surface area (Å²) >= 11 is 0. The van der Waals surface area contributed by atoms with E-state index >= 15 is 0 Å². The monoisotopic (exact) mass is 254 g/mol. The van der Waals surface area contributed by atoms with E-state index in [1.54, 1.807) is 10.9 Å². The van der Waals surface area contributed by atoms with Crippen molar-refractivity contribution in [2.45, 2.75) is 12.8 Å². The average Bonchev–Trinajstić information content (AvgIpc) is 2.93. The van der Waals surface area contributed by atoms with Crippen LogP contribution in [0.5, 0.6) is 0 Å². The molecule has 0 unspecified atom stereocenters. The van der Waals surface area contributed by atoms with Crippen molar-refractivity contribution in [2.75, 3.05) is 6.61 Å². The van der Waals surface area contributed by atoms with Crippen molar-refractivity contribution in [3.8, 4) is 5.69 Å². The lowest BCUT2D eigenvalue weighted by Gasteiger charge is -2.03. The number of nitrogens with zero attached hydrogens (tertiary/aromatic N) is 4. The first-order chi connectivity index (χ1) is 9.38. The number of hydrogen-bond donors (Lipinski definition) is 1. The third kappa shape index (κ3) is 2.32. The van der Waals surface area contributed by atoms with Crippen molar-refractivity contribution < 1.29 is 5.11 Å². The zero-order chi connectivity index (χ0) is 13.1. The molecule has 2 aromatic heterocycles. The molecule has 0 saturated heterocycles. The van der Waals surface area contributed by atoms with Gasteiger partial charge in [0.25, 0.3) is 0 Å². The molecular formula is C14H14N4O. The van der Waals surface area contributed by atoms with Gasteiger partial charge in [-0.05, 0) is 25.0 Å². The molecule has 0 aliphatic carbocycles. The Morgan fingerprint density at radius 3 is 2.95 bits per heavy atom. The highest BCUT2D eigenvalue weighted by Crippen LogP contribution is 2.19. The molecule has 0 aliphatic heterocycles. The van der Waals surface area contributed by atoms with Gasteiger partial charge in [0.05, 0.1) is 23.1 Å². The summed E-state index contributed by atoms with van der Waals surface area (Å²) in [7, 11) is 0. The first-order valence-corrected chi connectivity index (χ1v) is 6.25. The predicted octanol–water partition coefficient (Wildman–Crippen LogP) is 1.74. The second kappa shape index (κ2) is 5.16. The first kappa shape index (κ1) is 11.8. The lowest BCUT2D eigenvalue weighted by Crippen LogP contribution is -1.97. The van der Waals surface area contributed by atoms with Gasteiger partial charge in [-0.1, -0.05) is 23.4 Å². The number of para-hydroxylation sites is 1. The summed E-state index contributed by atoms with van der Waals surface area (Å²) in [6, 6.07) is 9.92. The molecule has 0 atom stereocenters. The molecule has 96 valence electrons. The Hall–Kier alpha value is -2.27. The molecule has 3 rings (SSSR count). The minimum Gasteiger partial charge on any atom is -0.396 e. The summed E-state index contributed by atoms with van der Waals surface area (Å²) in [6.07, 6.45) is 5.09. The summed E-state index contributed by atoms with van der Waals surface area (Å²) in [5, 5.41) is 18.1. The average molecular weight is 254 g/mol. The molecule has 0 fully saturated rings. The first-order valence-electron chi connectivity index (χ1n) is 6.25. The molecule has 0 radical (unpaired) electrons. The fourth-order valence-electron chi connectivity index (χ4n) is 2.06. The van der Waals surface area contributed by atoms with Gasteiger partial charge in [0.15, 0.2) is 0 Å². The zero-order valence-corrected chi connectivity index (χ0v) is 10.4. The summed E-state index contributed by atoms with van der Waals surface area (Å²) in [5.41, 5.74) is 2.70. The van der Waals surface area contributed by atoms with E-state index in [2.05, 4.69) is 15.3 Å². The Balaban J connectivity index is 2.02. The van der Waals surface area contributed by atoms with Gasteiger partial charge in [-0.15, -0.1) is 5.10 Å². The number of pyridine rings is 1. The Morgan fingerprint density at radius 1 is 1.16 bits per heavy atom. The number of hydrogen-bond acceptors (Lipinski definition) is 4. The Morgan fingerprint density at radius 2 is 2.05 bits per heavy atom. The molecule has 2 heterocycles. The third-order valence-corrected chi connectivity index (χ3v) is 2.99. The van der Waals surface area contributed by atoms with Crippen molar-refractivity contribution in [1.82, 2.24) is 20.0 Å². The van der Waals surface area contributed by atoms with Crippen molar-refractivity contribution >= 4 is 10.9 Å². The van der Waals surface area contributed by atoms with Crippen LogP contribution in [0.3, 0.4) is 0 Å². The van der Waals surface area contributed by atoms with Crippen molar-refractivity contribution in [3.05, 3.63) is 48.4 Å². The SMILES string of the molecule is OCCCc1cn(-c2cccc3cccnc23)nn1. The Bertz CT molecular complexity index is 687. The molecule has 0 spiro atoms. The minimum atomic E-state index is 0.169. The van der Waals surface area contributed by atoms with Gasteiger partial charge >= 0.3 is 0 Å². The molecule has 0 saturated carbocycles. The number of fused-ring (bicyclic) bond motifs is 1. The van der Waals surface area contributed by atoms with Gasteiger partial charge in [-0.25, -0.2) is 4.68 Å². The van der Waals surface area contributed by atoms with Crippen molar-refractivity contribution in [2.24, 2.45) is 0 Å². The maximum absolute atomic E-state index is 8.83. The third-order valence-electron chi connectivity index (χ3n) is 2.99. The summed E-state index contributed by atoms with van der Waals surface area (Å²) < 4.78 is 1.74. The Labute approximate surface area is 110 Å². The van der Waals surface area contributed by atoms with E-state index in [9.17, 15) is 0 Å².